The van der Waals surface area contributed by atoms with E-state index < -0.39 is 0 Å². The van der Waals surface area contributed by atoms with Crippen LogP contribution in [0.4, 0.5) is 5.69 Å². The predicted octanol–water partition coefficient (Wildman–Crippen LogP) is 6.96. The summed E-state index contributed by atoms with van der Waals surface area (Å²) in [5.41, 5.74) is 2.67. The van der Waals surface area contributed by atoms with E-state index in [0.717, 1.165) is 32.9 Å². The Kier molecular flexibility index (Phi) is 7.57. The molecular weight excluding hydrogens is 562 g/mol. The van der Waals surface area contributed by atoms with Crippen molar-refractivity contribution in [1.29, 1.82) is 0 Å². The van der Waals surface area contributed by atoms with E-state index in [4.69, 9.17) is 37.7 Å². The number of hydrogen-bond donors (Lipinski definition) is 1. The van der Waals surface area contributed by atoms with Crippen LogP contribution in [0.2, 0.25) is 5.02 Å². The van der Waals surface area contributed by atoms with Gasteiger partial charge in [0, 0.05) is 29.0 Å². The number of hydrogen-bond acceptors (Lipinski definition) is 5. The maximum absolute atomic E-state index is 6.58. The van der Waals surface area contributed by atoms with Crippen LogP contribution >= 0.6 is 39.7 Å². The summed E-state index contributed by atoms with van der Waals surface area (Å²) in [6.45, 7) is 0.889. The summed E-state index contributed by atoms with van der Waals surface area (Å²) in [4.78, 5) is 6.61. The lowest BCUT2D eigenvalue weighted by Crippen LogP contribution is -2.29. The van der Waals surface area contributed by atoms with E-state index in [1.807, 2.05) is 77.7 Å². The van der Waals surface area contributed by atoms with Gasteiger partial charge in [-0.15, -0.1) is 0 Å². The number of nitrogens with zero attached hydrogens (tertiary/aromatic N) is 2. The van der Waals surface area contributed by atoms with Crippen molar-refractivity contribution < 1.29 is 13.9 Å². The Bertz CT molecular complexity index is 1350. The molecule has 1 fully saturated rings. The van der Waals surface area contributed by atoms with E-state index in [2.05, 4.69) is 26.2 Å². The number of methoxy groups -OCH3 is 1. The van der Waals surface area contributed by atoms with Gasteiger partial charge < -0.3 is 24.1 Å². The van der Waals surface area contributed by atoms with Gasteiger partial charge in [-0.25, -0.2) is 0 Å². The first-order chi connectivity index (χ1) is 17.5. The summed E-state index contributed by atoms with van der Waals surface area (Å²) in [7, 11) is 1.63. The van der Waals surface area contributed by atoms with Crippen LogP contribution in [0.15, 0.2) is 87.9 Å². The molecular formula is C27H23BrClN3O3S. The Morgan fingerprint density at radius 1 is 1.08 bits per heavy atom. The van der Waals surface area contributed by atoms with E-state index in [9.17, 15) is 0 Å². The lowest BCUT2D eigenvalue weighted by atomic mass is 10.0. The van der Waals surface area contributed by atoms with Gasteiger partial charge in [0.15, 0.2) is 5.11 Å². The minimum Gasteiger partial charge on any atom is -0.490 e. The van der Waals surface area contributed by atoms with Crippen molar-refractivity contribution in [3.05, 3.63) is 99.9 Å². The second-order valence-electron chi connectivity index (χ2n) is 8.16. The zero-order chi connectivity index (χ0) is 25.1. The maximum atomic E-state index is 6.58. The van der Waals surface area contributed by atoms with Gasteiger partial charge in [0.05, 0.1) is 23.4 Å². The van der Waals surface area contributed by atoms with Crippen LogP contribution in [0.25, 0.3) is 11.3 Å². The van der Waals surface area contributed by atoms with E-state index in [0.29, 0.717) is 29.1 Å². The number of thiocarbonyl (C=S) groups is 1. The van der Waals surface area contributed by atoms with Crippen LogP contribution in [0.3, 0.4) is 0 Å². The molecule has 0 unspecified atom stereocenters. The van der Waals surface area contributed by atoms with Crippen molar-refractivity contribution in [3.8, 4) is 17.1 Å². The molecule has 1 aliphatic heterocycles. The number of furan rings is 1. The molecule has 1 aliphatic rings. The van der Waals surface area contributed by atoms with Crippen molar-refractivity contribution >= 4 is 50.5 Å². The summed E-state index contributed by atoms with van der Waals surface area (Å²) in [5.74, 6) is 2.12. The molecule has 1 saturated heterocycles. The fourth-order valence-electron chi connectivity index (χ4n) is 4.19. The fraction of sp³-hybridized carbons (Fsp3) is 0.185. The van der Waals surface area contributed by atoms with E-state index >= 15 is 0 Å². The van der Waals surface area contributed by atoms with Crippen molar-refractivity contribution in [1.82, 2.24) is 10.3 Å². The van der Waals surface area contributed by atoms with Crippen LogP contribution in [0.1, 0.15) is 23.5 Å². The molecule has 4 aromatic rings. The zero-order valence-electron chi connectivity index (χ0n) is 19.4. The minimum absolute atomic E-state index is 0.223. The third-order valence-electron chi connectivity index (χ3n) is 5.88. The summed E-state index contributed by atoms with van der Waals surface area (Å²) in [5, 5.41) is 4.48. The Labute approximate surface area is 228 Å². The average Bonchev–Trinajstić information content (AvgIpc) is 3.51. The van der Waals surface area contributed by atoms with Crippen LogP contribution in [-0.2, 0) is 4.74 Å². The zero-order valence-corrected chi connectivity index (χ0v) is 22.5. The number of pyridine rings is 1. The quantitative estimate of drug-likeness (QED) is 0.177. The van der Waals surface area contributed by atoms with Crippen molar-refractivity contribution in [2.45, 2.75) is 12.1 Å². The van der Waals surface area contributed by atoms with Crippen molar-refractivity contribution in [2.75, 3.05) is 25.2 Å². The number of rotatable bonds is 8. The molecule has 0 aliphatic carbocycles. The standard InChI is InChI=1S/C27H23BrClN3O3S/c1-33-14-15-34-23-10-9-19(16-20(23)29)32-26(25(31-27(32)36)21-4-2-3-13-30-21)24-12-11-22(35-24)17-5-7-18(28)8-6-17/h2-13,16,25-26H,14-15H2,1H3,(H,31,36)/t25-,26-/m0/s1. The molecule has 2 aromatic heterocycles. The van der Waals surface area contributed by atoms with Gasteiger partial charge in [-0.05, 0) is 66.8 Å². The highest BCUT2D eigenvalue weighted by Gasteiger charge is 2.42. The van der Waals surface area contributed by atoms with Gasteiger partial charge in [0.2, 0.25) is 0 Å². The first-order valence-electron chi connectivity index (χ1n) is 11.3. The van der Waals surface area contributed by atoms with Crippen molar-refractivity contribution in [2.24, 2.45) is 0 Å². The number of anilines is 1. The normalized spacial score (nSPS) is 17.3. The molecule has 0 radical (unpaired) electrons. The molecule has 1 N–H and O–H groups in total. The molecule has 6 nitrogen and oxygen atoms in total. The second-order valence-corrected chi connectivity index (χ2v) is 9.87. The maximum Gasteiger partial charge on any atom is 0.174 e. The summed E-state index contributed by atoms with van der Waals surface area (Å²) in [6, 6.07) is 22.9. The van der Waals surface area contributed by atoms with Crippen LogP contribution in [0.5, 0.6) is 5.75 Å². The average molecular weight is 585 g/mol. The van der Waals surface area contributed by atoms with E-state index in [-0.39, 0.29) is 12.1 Å². The van der Waals surface area contributed by atoms with E-state index in [1.54, 1.807) is 13.3 Å². The lowest BCUT2D eigenvalue weighted by Gasteiger charge is -2.26. The molecule has 0 saturated carbocycles. The largest absolute Gasteiger partial charge is 0.490 e. The van der Waals surface area contributed by atoms with Gasteiger partial charge in [0.1, 0.15) is 29.9 Å². The molecule has 5 rings (SSSR count). The minimum atomic E-state index is -0.284. The molecule has 2 atom stereocenters. The van der Waals surface area contributed by atoms with Crippen molar-refractivity contribution in [3.63, 3.8) is 0 Å². The summed E-state index contributed by atoms with van der Waals surface area (Å²) < 4.78 is 18.2. The number of halogens is 2. The van der Waals surface area contributed by atoms with E-state index in [1.165, 1.54) is 0 Å². The smallest absolute Gasteiger partial charge is 0.174 e. The highest BCUT2D eigenvalue weighted by atomic mass is 79.9. The number of aromatic nitrogens is 1. The molecule has 36 heavy (non-hydrogen) atoms. The monoisotopic (exact) mass is 583 g/mol. The second kappa shape index (κ2) is 11.0. The SMILES string of the molecule is COCCOc1ccc(N2C(=S)N[C@@H](c3ccccn3)[C@@H]2c2ccc(-c3ccc(Br)cc3)o2)cc1Cl. The molecule has 0 bridgehead atoms. The van der Waals surface area contributed by atoms with Gasteiger partial charge >= 0.3 is 0 Å². The summed E-state index contributed by atoms with van der Waals surface area (Å²) >= 11 is 15.9. The number of nitrogens with one attached hydrogen (secondary N) is 1. The third-order valence-corrected chi connectivity index (χ3v) is 7.02. The van der Waals surface area contributed by atoms with Crippen LogP contribution < -0.4 is 15.0 Å². The highest BCUT2D eigenvalue weighted by Crippen LogP contribution is 2.44. The van der Waals surface area contributed by atoms with Gasteiger partial charge in [-0.3, -0.25) is 4.98 Å². The lowest BCUT2D eigenvalue weighted by molar-refractivity contribution is 0.146. The topological polar surface area (TPSA) is 59.8 Å². The first kappa shape index (κ1) is 24.8. The number of benzene rings is 2. The fourth-order valence-corrected chi connectivity index (χ4v) is 5.03. The first-order valence-corrected chi connectivity index (χ1v) is 12.9. The Morgan fingerprint density at radius 3 is 2.64 bits per heavy atom. The predicted molar refractivity (Wildman–Crippen MR) is 149 cm³/mol. The van der Waals surface area contributed by atoms with Gasteiger partial charge in [0.25, 0.3) is 0 Å². The summed E-state index contributed by atoms with van der Waals surface area (Å²) in [6.07, 6.45) is 1.78. The Morgan fingerprint density at radius 2 is 1.92 bits per heavy atom. The molecule has 9 heteroatoms. The number of ether oxygens (including phenoxy) is 2. The van der Waals surface area contributed by atoms with Crippen LogP contribution in [-0.4, -0.2) is 30.4 Å². The Balaban J connectivity index is 1.52. The Hall–Kier alpha value is -2.91. The molecule has 0 amide bonds. The molecule has 0 spiro atoms. The molecule has 3 heterocycles. The molecule has 2 aromatic carbocycles. The highest BCUT2D eigenvalue weighted by molar-refractivity contribution is 9.10. The van der Waals surface area contributed by atoms with Gasteiger partial charge in [-0.1, -0.05) is 45.7 Å². The third kappa shape index (κ3) is 5.13. The van der Waals surface area contributed by atoms with Crippen LogP contribution in [0, 0.1) is 0 Å². The van der Waals surface area contributed by atoms with Gasteiger partial charge in [-0.2, -0.15) is 0 Å². The molecule has 184 valence electrons.